The molecule has 1 heterocycles. The Balaban J connectivity index is 2.49. The van der Waals surface area contributed by atoms with Gasteiger partial charge in [-0.2, -0.15) is 0 Å². The van der Waals surface area contributed by atoms with E-state index in [0.29, 0.717) is 0 Å². The van der Waals surface area contributed by atoms with E-state index < -0.39 is 0 Å². The number of aromatic nitrogens is 1. The van der Waals surface area contributed by atoms with Gasteiger partial charge in [-0.05, 0) is 29.0 Å². The highest BCUT2D eigenvalue weighted by Gasteiger charge is 2.36. The Morgan fingerprint density at radius 2 is 2.33 bits per heavy atom. The van der Waals surface area contributed by atoms with Crippen molar-refractivity contribution in [3.63, 3.8) is 0 Å². The van der Waals surface area contributed by atoms with Crippen LogP contribution in [0.5, 0.6) is 0 Å². The Morgan fingerprint density at radius 1 is 1.58 bits per heavy atom. The SMILES string of the molecule is CC1(C)Cc2cnccc2[C@H]1N. The number of rotatable bonds is 0. The molecule has 0 aliphatic heterocycles. The van der Waals surface area contributed by atoms with Crippen LogP contribution in [0.15, 0.2) is 18.5 Å². The average Bonchev–Trinajstić information content (AvgIpc) is 2.24. The Hall–Kier alpha value is -0.890. The molecule has 2 rings (SSSR count). The quantitative estimate of drug-likeness (QED) is 0.630. The highest BCUT2D eigenvalue weighted by atomic mass is 14.7. The van der Waals surface area contributed by atoms with Crippen LogP contribution in [0.3, 0.4) is 0 Å². The molecular formula is C10H14N2. The van der Waals surface area contributed by atoms with Gasteiger partial charge in [-0.25, -0.2) is 0 Å². The number of nitrogens with zero attached hydrogens (tertiary/aromatic N) is 1. The predicted molar refractivity (Wildman–Crippen MR) is 48.7 cm³/mol. The van der Waals surface area contributed by atoms with Crippen LogP contribution in [0, 0.1) is 5.41 Å². The molecule has 1 aromatic rings. The Bertz CT molecular complexity index is 304. The van der Waals surface area contributed by atoms with E-state index in [4.69, 9.17) is 5.73 Å². The minimum Gasteiger partial charge on any atom is -0.323 e. The predicted octanol–water partition coefficient (Wildman–Crippen LogP) is 1.66. The first-order valence-electron chi connectivity index (χ1n) is 4.29. The molecular weight excluding hydrogens is 148 g/mol. The normalized spacial score (nSPS) is 25.4. The standard InChI is InChI=1S/C10H14N2/c1-10(2)5-7-6-12-4-3-8(7)9(10)11/h3-4,6,9H,5,11H2,1-2H3/t9-/m1/s1. The van der Waals surface area contributed by atoms with Crippen molar-refractivity contribution in [3.8, 4) is 0 Å². The summed E-state index contributed by atoms with van der Waals surface area (Å²) in [7, 11) is 0. The molecule has 0 amide bonds. The van der Waals surface area contributed by atoms with Gasteiger partial charge in [0, 0.05) is 18.4 Å². The van der Waals surface area contributed by atoms with E-state index in [2.05, 4.69) is 18.8 Å². The highest BCUT2D eigenvalue weighted by Crippen LogP contribution is 2.42. The smallest absolute Gasteiger partial charge is 0.0353 e. The number of hydrogen-bond donors (Lipinski definition) is 1. The fourth-order valence-corrected chi connectivity index (χ4v) is 1.91. The molecule has 2 N–H and O–H groups in total. The molecule has 2 heteroatoms. The van der Waals surface area contributed by atoms with Crippen molar-refractivity contribution in [1.29, 1.82) is 0 Å². The molecule has 0 spiro atoms. The van der Waals surface area contributed by atoms with Gasteiger partial charge in [-0.3, -0.25) is 4.98 Å². The maximum atomic E-state index is 6.10. The first-order chi connectivity index (χ1) is 5.61. The van der Waals surface area contributed by atoms with E-state index in [-0.39, 0.29) is 11.5 Å². The summed E-state index contributed by atoms with van der Waals surface area (Å²) in [5.74, 6) is 0. The molecule has 0 aromatic carbocycles. The fourth-order valence-electron chi connectivity index (χ4n) is 1.91. The Morgan fingerprint density at radius 3 is 3.00 bits per heavy atom. The summed E-state index contributed by atoms with van der Waals surface area (Å²) in [4.78, 5) is 4.10. The van der Waals surface area contributed by atoms with E-state index in [1.54, 1.807) is 0 Å². The van der Waals surface area contributed by atoms with Crippen molar-refractivity contribution in [3.05, 3.63) is 29.6 Å². The molecule has 1 aromatic heterocycles. The van der Waals surface area contributed by atoms with Crippen molar-refractivity contribution < 1.29 is 0 Å². The zero-order valence-corrected chi connectivity index (χ0v) is 7.54. The zero-order valence-electron chi connectivity index (χ0n) is 7.54. The second kappa shape index (κ2) is 2.30. The molecule has 0 unspecified atom stereocenters. The molecule has 0 saturated heterocycles. The second-order valence-electron chi connectivity index (χ2n) is 4.22. The minimum atomic E-state index is 0.176. The van der Waals surface area contributed by atoms with Gasteiger partial charge in [0.1, 0.15) is 0 Å². The Labute approximate surface area is 72.8 Å². The van der Waals surface area contributed by atoms with Crippen molar-refractivity contribution in [2.45, 2.75) is 26.3 Å². The monoisotopic (exact) mass is 162 g/mol. The Kier molecular flexibility index (Phi) is 1.48. The summed E-state index contributed by atoms with van der Waals surface area (Å²) in [6.07, 6.45) is 4.81. The maximum absolute atomic E-state index is 6.10. The van der Waals surface area contributed by atoms with Crippen molar-refractivity contribution >= 4 is 0 Å². The van der Waals surface area contributed by atoms with Gasteiger partial charge in [-0.1, -0.05) is 13.8 Å². The van der Waals surface area contributed by atoms with Gasteiger partial charge in [0.15, 0.2) is 0 Å². The fraction of sp³-hybridized carbons (Fsp3) is 0.500. The summed E-state index contributed by atoms with van der Waals surface area (Å²) < 4.78 is 0. The maximum Gasteiger partial charge on any atom is 0.0353 e. The van der Waals surface area contributed by atoms with Crippen LogP contribution in [0.1, 0.15) is 31.0 Å². The number of pyridine rings is 1. The van der Waals surface area contributed by atoms with Gasteiger partial charge in [0.25, 0.3) is 0 Å². The largest absolute Gasteiger partial charge is 0.323 e. The van der Waals surface area contributed by atoms with E-state index in [0.717, 1.165) is 6.42 Å². The molecule has 64 valence electrons. The van der Waals surface area contributed by atoms with Crippen LogP contribution in [0.4, 0.5) is 0 Å². The molecule has 0 fully saturated rings. The van der Waals surface area contributed by atoms with Crippen LogP contribution >= 0.6 is 0 Å². The van der Waals surface area contributed by atoms with E-state index in [1.807, 2.05) is 18.5 Å². The summed E-state index contributed by atoms with van der Waals surface area (Å²) in [5.41, 5.74) is 8.88. The lowest BCUT2D eigenvalue weighted by atomic mass is 9.86. The van der Waals surface area contributed by atoms with Gasteiger partial charge in [0.2, 0.25) is 0 Å². The molecule has 12 heavy (non-hydrogen) atoms. The third-order valence-electron chi connectivity index (χ3n) is 2.76. The van der Waals surface area contributed by atoms with Gasteiger partial charge in [0.05, 0.1) is 0 Å². The lowest BCUT2D eigenvalue weighted by molar-refractivity contribution is 0.319. The first kappa shape index (κ1) is 7.74. The second-order valence-corrected chi connectivity index (χ2v) is 4.22. The van der Waals surface area contributed by atoms with E-state index in [9.17, 15) is 0 Å². The van der Waals surface area contributed by atoms with Crippen molar-refractivity contribution in [1.82, 2.24) is 4.98 Å². The minimum absolute atomic E-state index is 0.176. The van der Waals surface area contributed by atoms with E-state index >= 15 is 0 Å². The molecule has 1 aliphatic rings. The van der Waals surface area contributed by atoms with Gasteiger partial charge in [-0.15, -0.1) is 0 Å². The van der Waals surface area contributed by atoms with Crippen LogP contribution in [0.2, 0.25) is 0 Å². The third kappa shape index (κ3) is 0.950. The van der Waals surface area contributed by atoms with E-state index in [1.165, 1.54) is 11.1 Å². The lowest BCUT2D eigenvalue weighted by Gasteiger charge is -2.23. The summed E-state index contributed by atoms with van der Waals surface area (Å²) >= 11 is 0. The van der Waals surface area contributed by atoms with Gasteiger partial charge < -0.3 is 5.73 Å². The first-order valence-corrected chi connectivity index (χ1v) is 4.29. The van der Waals surface area contributed by atoms with Gasteiger partial charge >= 0.3 is 0 Å². The molecule has 0 radical (unpaired) electrons. The third-order valence-corrected chi connectivity index (χ3v) is 2.76. The summed E-state index contributed by atoms with van der Waals surface area (Å²) in [5, 5.41) is 0. The van der Waals surface area contributed by atoms with Crippen LogP contribution in [-0.2, 0) is 6.42 Å². The number of hydrogen-bond acceptors (Lipinski definition) is 2. The average molecular weight is 162 g/mol. The number of fused-ring (bicyclic) bond motifs is 1. The summed E-state index contributed by atoms with van der Waals surface area (Å²) in [6.45, 7) is 4.41. The molecule has 2 nitrogen and oxygen atoms in total. The lowest BCUT2D eigenvalue weighted by Crippen LogP contribution is -2.24. The molecule has 1 aliphatic carbocycles. The van der Waals surface area contributed by atoms with Crippen molar-refractivity contribution in [2.24, 2.45) is 11.1 Å². The zero-order chi connectivity index (χ0) is 8.77. The topological polar surface area (TPSA) is 38.9 Å². The highest BCUT2D eigenvalue weighted by molar-refractivity contribution is 5.34. The van der Waals surface area contributed by atoms with Crippen LogP contribution in [0.25, 0.3) is 0 Å². The van der Waals surface area contributed by atoms with Crippen LogP contribution < -0.4 is 5.73 Å². The molecule has 1 atom stereocenters. The van der Waals surface area contributed by atoms with Crippen LogP contribution in [-0.4, -0.2) is 4.98 Å². The molecule has 0 saturated carbocycles. The van der Waals surface area contributed by atoms with Crippen molar-refractivity contribution in [2.75, 3.05) is 0 Å². The molecule has 0 bridgehead atoms. The summed E-state index contributed by atoms with van der Waals surface area (Å²) in [6, 6.07) is 2.21. The number of nitrogens with two attached hydrogens (primary N) is 1.